The summed E-state index contributed by atoms with van der Waals surface area (Å²) >= 11 is 1.59. The normalized spacial score (nSPS) is 14.5. The summed E-state index contributed by atoms with van der Waals surface area (Å²) in [5.74, 6) is 1.42. The maximum Gasteiger partial charge on any atom is 0.586 e. The van der Waals surface area contributed by atoms with E-state index in [4.69, 9.17) is 0 Å². The number of rotatable bonds is 4. The third-order valence-corrected chi connectivity index (χ3v) is 5.01. The van der Waals surface area contributed by atoms with Crippen molar-refractivity contribution in [3.63, 3.8) is 0 Å². The number of benzene rings is 1. The molecule has 0 saturated heterocycles. The topological polar surface area (TPSA) is 78.3 Å². The highest BCUT2D eigenvalue weighted by atomic mass is 32.2. The molecule has 4 rings (SSSR count). The highest BCUT2D eigenvalue weighted by molar-refractivity contribution is 7.99. The minimum atomic E-state index is -3.68. The molecule has 1 amide bonds. The number of hydrogen-bond acceptors (Lipinski definition) is 6. The van der Waals surface area contributed by atoms with Gasteiger partial charge in [-0.1, -0.05) is 6.92 Å². The summed E-state index contributed by atoms with van der Waals surface area (Å²) in [5.41, 5.74) is 1.65. The number of imidazole rings is 1. The fraction of sp³-hybridized carbons (Fsp3) is 0.278. The van der Waals surface area contributed by atoms with Gasteiger partial charge in [0, 0.05) is 31.0 Å². The first-order valence-electron chi connectivity index (χ1n) is 8.45. The number of fused-ring (bicyclic) bond motifs is 2. The fourth-order valence-corrected chi connectivity index (χ4v) is 3.73. The number of halogens is 2. The first kappa shape index (κ1) is 18.5. The molecule has 0 fully saturated rings. The molecule has 1 N–H and O–H groups in total. The Labute approximate surface area is 163 Å². The molecule has 0 spiro atoms. The Bertz CT molecular complexity index is 1100. The third kappa shape index (κ3) is 3.24. The van der Waals surface area contributed by atoms with Gasteiger partial charge in [0.2, 0.25) is 5.91 Å². The Morgan fingerprint density at radius 2 is 1.96 bits per heavy atom. The first-order chi connectivity index (χ1) is 13.3. The lowest BCUT2D eigenvalue weighted by Crippen LogP contribution is -2.25. The van der Waals surface area contributed by atoms with Crippen molar-refractivity contribution in [1.82, 2.24) is 14.5 Å². The van der Waals surface area contributed by atoms with E-state index in [2.05, 4.69) is 24.8 Å². The molecule has 7 nitrogen and oxygen atoms in total. The number of amides is 1. The van der Waals surface area contributed by atoms with Crippen LogP contribution in [0.2, 0.25) is 0 Å². The SMILES string of the molecule is CCSc1ccc(NC(C)=O)nc1-c1nc2cc3c(cc2n1C)OC(F)(F)O3. The number of aromatic nitrogens is 3. The van der Waals surface area contributed by atoms with Crippen molar-refractivity contribution in [3.8, 4) is 23.0 Å². The highest BCUT2D eigenvalue weighted by Crippen LogP contribution is 2.44. The standard InChI is InChI=1S/C18H16F2N4O3S/c1-4-28-14-5-6-15(21-9(2)25)23-16(14)17-22-10-7-12-13(8-11(10)24(17)3)27-18(19,20)26-12/h5-8H,4H2,1-3H3,(H,21,23,25). The van der Waals surface area contributed by atoms with Gasteiger partial charge in [-0.2, -0.15) is 0 Å². The van der Waals surface area contributed by atoms with Crippen molar-refractivity contribution in [1.29, 1.82) is 0 Å². The molecule has 2 aromatic heterocycles. The van der Waals surface area contributed by atoms with Crippen LogP contribution in [0.15, 0.2) is 29.2 Å². The van der Waals surface area contributed by atoms with E-state index in [0.717, 1.165) is 10.6 Å². The van der Waals surface area contributed by atoms with Crippen molar-refractivity contribution in [2.75, 3.05) is 11.1 Å². The Balaban J connectivity index is 1.85. The average Bonchev–Trinajstić information content (AvgIpc) is 3.08. The number of thioether (sulfide) groups is 1. The predicted octanol–water partition coefficient (Wildman–Crippen LogP) is 4.03. The summed E-state index contributed by atoms with van der Waals surface area (Å²) in [5, 5.41) is 2.66. The molecule has 10 heteroatoms. The number of nitrogens with zero attached hydrogens (tertiary/aromatic N) is 3. The van der Waals surface area contributed by atoms with Gasteiger partial charge in [0.1, 0.15) is 11.5 Å². The average molecular weight is 406 g/mol. The van der Waals surface area contributed by atoms with Crippen LogP contribution in [0.25, 0.3) is 22.6 Å². The molecular weight excluding hydrogens is 390 g/mol. The quantitative estimate of drug-likeness (QED) is 0.659. The summed E-state index contributed by atoms with van der Waals surface area (Å²) in [7, 11) is 1.76. The summed E-state index contributed by atoms with van der Waals surface area (Å²) in [6, 6.07) is 6.48. The summed E-state index contributed by atoms with van der Waals surface area (Å²) in [6.45, 7) is 3.42. The molecule has 1 aliphatic rings. The fourth-order valence-electron chi connectivity index (χ4n) is 2.98. The van der Waals surface area contributed by atoms with Gasteiger partial charge in [-0.05, 0) is 17.9 Å². The van der Waals surface area contributed by atoms with Crippen molar-refractivity contribution in [3.05, 3.63) is 24.3 Å². The third-order valence-electron chi connectivity index (χ3n) is 4.08. The molecular formula is C18H16F2N4O3S. The molecule has 0 bridgehead atoms. The number of anilines is 1. The molecule has 1 aromatic carbocycles. The van der Waals surface area contributed by atoms with Crippen LogP contribution in [0.4, 0.5) is 14.6 Å². The van der Waals surface area contributed by atoms with Crippen molar-refractivity contribution in [2.24, 2.45) is 7.05 Å². The van der Waals surface area contributed by atoms with Crippen LogP contribution in [0.3, 0.4) is 0 Å². The van der Waals surface area contributed by atoms with Gasteiger partial charge in [0.15, 0.2) is 17.3 Å². The van der Waals surface area contributed by atoms with Crippen LogP contribution in [-0.4, -0.2) is 32.5 Å². The molecule has 0 unspecified atom stereocenters. The van der Waals surface area contributed by atoms with E-state index in [0.29, 0.717) is 28.4 Å². The molecule has 0 aliphatic carbocycles. The summed E-state index contributed by atoms with van der Waals surface area (Å²) in [4.78, 5) is 21.4. The van der Waals surface area contributed by atoms with Crippen LogP contribution in [0.1, 0.15) is 13.8 Å². The highest BCUT2D eigenvalue weighted by Gasteiger charge is 2.43. The number of hydrogen-bond donors (Lipinski definition) is 1. The van der Waals surface area contributed by atoms with Gasteiger partial charge in [-0.3, -0.25) is 4.79 Å². The van der Waals surface area contributed by atoms with E-state index in [1.807, 2.05) is 13.0 Å². The maximum absolute atomic E-state index is 13.3. The Morgan fingerprint density at radius 1 is 1.25 bits per heavy atom. The van der Waals surface area contributed by atoms with E-state index < -0.39 is 6.29 Å². The van der Waals surface area contributed by atoms with Crippen LogP contribution in [0, 0.1) is 0 Å². The Hall–Kier alpha value is -2.88. The molecule has 1 aliphatic heterocycles. The molecule has 0 radical (unpaired) electrons. The first-order valence-corrected chi connectivity index (χ1v) is 9.44. The van der Waals surface area contributed by atoms with E-state index in [1.165, 1.54) is 19.1 Å². The summed E-state index contributed by atoms with van der Waals surface area (Å²) < 4.78 is 37.4. The van der Waals surface area contributed by atoms with Gasteiger partial charge in [0.05, 0.1) is 11.0 Å². The molecule has 3 heterocycles. The van der Waals surface area contributed by atoms with E-state index >= 15 is 0 Å². The van der Waals surface area contributed by atoms with Gasteiger partial charge in [-0.15, -0.1) is 20.5 Å². The minimum Gasteiger partial charge on any atom is -0.395 e. The zero-order valence-electron chi connectivity index (χ0n) is 15.2. The van der Waals surface area contributed by atoms with Gasteiger partial charge in [0.25, 0.3) is 0 Å². The maximum atomic E-state index is 13.3. The lowest BCUT2D eigenvalue weighted by Gasteiger charge is -2.10. The second kappa shape index (κ2) is 6.62. The van der Waals surface area contributed by atoms with E-state index in [-0.39, 0.29) is 17.4 Å². The number of carbonyl (C=O) groups excluding carboxylic acids is 1. The molecule has 0 atom stereocenters. The van der Waals surface area contributed by atoms with Gasteiger partial charge in [-0.25, -0.2) is 9.97 Å². The van der Waals surface area contributed by atoms with Crippen LogP contribution in [-0.2, 0) is 11.8 Å². The predicted molar refractivity (Wildman–Crippen MR) is 101 cm³/mol. The molecule has 3 aromatic rings. The van der Waals surface area contributed by atoms with Gasteiger partial charge < -0.3 is 19.4 Å². The second-order valence-corrected chi connectivity index (χ2v) is 7.41. The second-order valence-electron chi connectivity index (χ2n) is 6.11. The monoisotopic (exact) mass is 406 g/mol. The number of carbonyl (C=O) groups is 1. The lowest BCUT2D eigenvalue weighted by atomic mass is 10.3. The number of pyridine rings is 1. The van der Waals surface area contributed by atoms with E-state index in [1.54, 1.807) is 29.4 Å². The molecule has 0 saturated carbocycles. The molecule has 28 heavy (non-hydrogen) atoms. The number of ether oxygens (including phenoxy) is 2. The van der Waals surface area contributed by atoms with Crippen LogP contribution < -0.4 is 14.8 Å². The smallest absolute Gasteiger partial charge is 0.395 e. The zero-order valence-corrected chi connectivity index (χ0v) is 16.1. The van der Waals surface area contributed by atoms with E-state index in [9.17, 15) is 13.6 Å². The van der Waals surface area contributed by atoms with Crippen molar-refractivity contribution >= 4 is 34.5 Å². The van der Waals surface area contributed by atoms with Crippen LogP contribution in [0.5, 0.6) is 11.5 Å². The lowest BCUT2D eigenvalue weighted by molar-refractivity contribution is -0.286. The van der Waals surface area contributed by atoms with Crippen molar-refractivity contribution in [2.45, 2.75) is 25.0 Å². The Kier molecular flexibility index (Phi) is 4.37. The van der Waals surface area contributed by atoms with Crippen LogP contribution >= 0.6 is 11.8 Å². The largest absolute Gasteiger partial charge is 0.586 e. The molecule has 146 valence electrons. The Morgan fingerprint density at radius 3 is 2.64 bits per heavy atom. The van der Waals surface area contributed by atoms with Crippen molar-refractivity contribution < 1.29 is 23.0 Å². The summed E-state index contributed by atoms with van der Waals surface area (Å²) in [6.07, 6.45) is -3.68. The number of aryl methyl sites for hydroxylation is 1. The van der Waals surface area contributed by atoms with Gasteiger partial charge >= 0.3 is 6.29 Å². The number of nitrogens with one attached hydrogen (secondary N) is 1. The number of alkyl halides is 2. The zero-order chi connectivity index (χ0) is 20.1. The minimum absolute atomic E-state index is 0.0461.